The molecule has 0 spiro atoms. The lowest BCUT2D eigenvalue weighted by molar-refractivity contribution is -0.113. The van der Waals surface area contributed by atoms with Crippen molar-refractivity contribution in [2.75, 3.05) is 30.1 Å². The molecule has 0 saturated carbocycles. The van der Waals surface area contributed by atoms with Crippen LogP contribution in [0.4, 0.5) is 11.4 Å². The van der Waals surface area contributed by atoms with Crippen molar-refractivity contribution in [3.8, 4) is 11.3 Å². The molecule has 3 rings (SSSR count). The zero-order valence-corrected chi connectivity index (χ0v) is 19.3. The molecule has 1 aromatic heterocycles. The van der Waals surface area contributed by atoms with Crippen LogP contribution in [0.3, 0.4) is 0 Å². The van der Waals surface area contributed by atoms with Gasteiger partial charge >= 0.3 is 0 Å². The Kier molecular flexibility index (Phi) is 7.45. The second-order valence-electron chi connectivity index (χ2n) is 7.72. The summed E-state index contributed by atoms with van der Waals surface area (Å²) >= 11 is 7.48. The number of halogens is 1. The lowest BCUT2D eigenvalue weighted by Crippen LogP contribution is -2.15. The topological polar surface area (TPSA) is 50.2 Å². The number of thioether (sulfide) groups is 1. The predicted molar refractivity (Wildman–Crippen MR) is 128 cm³/mol. The first-order chi connectivity index (χ1) is 14.3. The van der Waals surface area contributed by atoms with Crippen LogP contribution in [-0.4, -0.2) is 35.3 Å². The Hall–Kier alpha value is -2.44. The molecule has 5 nitrogen and oxygen atoms in total. The van der Waals surface area contributed by atoms with E-state index in [0.717, 1.165) is 34.3 Å². The normalized spacial score (nSPS) is 11.0. The fourth-order valence-corrected chi connectivity index (χ4v) is 3.95. The maximum absolute atomic E-state index is 12.5. The molecule has 0 aliphatic rings. The fraction of sp³-hybridized carbons (Fsp3) is 0.304. The number of nitrogens with one attached hydrogen (secondary N) is 1. The third-order valence-electron chi connectivity index (χ3n) is 4.51. The van der Waals surface area contributed by atoms with Crippen molar-refractivity contribution in [1.29, 1.82) is 0 Å². The van der Waals surface area contributed by atoms with Gasteiger partial charge in [-0.1, -0.05) is 49.3 Å². The van der Waals surface area contributed by atoms with Gasteiger partial charge < -0.3 is 14.8 Å². The van der Waals surface area contributed by atoms with E-state index in [9.17, 15) is 4.79 Å². The molecule has 0 bridgehead atoms. The third-order valence-corrected chi connectivity index (χ3v) is 5.75. The first-order valence-electron chi connectivity index (χ1n) is 9.85. The minimum absolute atomic E-state index is 0.0512. The Morgan fingerprint density at radius 1 is 1.13 bits per heavy atom. The van der Waals surface area contributed by atoms with Crippen LogP contribution < -0.4 is 10.2 Å². The number of hydrogen-bond donors (Lipinski definition) is 1. The molecule has 0 saturated heterocycles. The van der Waals surface area contributed by atoms with E-state index in [-0.39, 0.29) is 5.91 Å². The average molecular weight is 443 g/mol. The smallest absolute Gasteiger partial charge is 0.234 e. The first-order valence-corrected chi connectivity index (χ1v) is 11.2. The van der Waals surface area contributed by atoms with E-state index in [4.69, 9.17) is 11.6 Å². The molecule has 3 aromatic rings. The molecular weight excluding hydrogens is 416 g/mol. The Balaban J connectivity index is 1.69. The molecule has 0 fully saturated rings. The second-order valence-corrected chi connectivity index (χ2v) is 9.09. The highest BCUT2D eigenvalue weighted by molar-refractivity contribution is 7.99. The molecule has 0 aliphatic heterocycles. The summed E-state index contributed by atoms with van der Waals surface area (Å²) < 4.78 is 2.18. The molecule has 0 aliphatic carbocycles. The molecule has 0 radical (unpaired) electrons. The van der Waals surface area contributed by atoms with Gasteiger partial charge in [-0.05, 0) is 47.9 Å². The molecule has 7 heteroatoms. The fourth-order valence-electron chi connectivity index (χ4n) is 3.04. The highest BCUT2D eigenvalue weighted by atomic mass is 35.5. The molecule has 1 N–H and O–H groups in total. The SMILES string of the molecule is CC(C)Cn1c(-c2ccc(Cl)cc2)cnc1SCC(=O)Nc1ccc(N(C)C)cc1. The number of anilines is 2. The van der Waals surface area contributed by atoms with Crippen LogP contribution in [0.2, 0.25) is 5.02 Å². The van der Waals surface area contributed by atoms with Gasteiger partial charge in [-0.15, -0.1) is 0 Å². The van der Waals surface area contributed by atoms with E-state index >= 15 is 0 Å². The summed E-state index contributed by atoms with van der Waals surface area (Å²) in [5, 5.41) is 4.50. The minimum Gasteiger partial charge on any atom is -0.378 e. The second kappa shape index (κ2) is 10.0. The number of hydrogen-bond acceptors (Lipinski definition) is 4. The van der Waals surface area contributed by atoms with Gasteiger partial charge in [0.05, 0.1) is 17.6 Å². The standard InChI is InChI=1S/C23H27ClN4OS/c1-16(2)14-28-21(17-5-7-18(24)8-6-17)13-25-23(28)30-15-22(29)26-19-9-11-20(12-10-19)27(3)4/h5-13,16H,14-15H2,1-4H3,(H,26,29). The molecule has 158 valence electrons. The summed E-state index contributed by atoms with van der Waals surface area (Å²) in [5.74, 6) is 0.698. The van der Waals surface area contributed by atoms with Crippen molar-refractivity contribution in [3.05, 3.63) is 59.8 Å². The van der Waals surface area contributed by atoms with Gasteiger partial charge in [0.1, 0.15) is 0 Å². The van der Waals surface area contributed by atoms with Crippen molar-refractivity contribution in [1.82, 2.24) is 9.55 Å². The Morgan fingerprint density at radius 3 is 2.40 bits per heavy atom. The zero-order valence-electron chi connectivity index (χ0n) is 17.7. The average Bonchev–Trinajstić information content (AvgIpc) is 3.09. The van der Waals surface area contributed by atoms with Gasteiger partial charge in [0.2, 0.25) is 5.91 Å². The third kappa shape index (κ3) is 5.80. The molecule has 1 heterocycles. The number of carbonyl (C=O) groups is 1. The van der Waals surface area contributed by atoms with Crippen molar-refractivity contribution in [2.45, 2.75) is 25.5 Å². The predicted octanol–water partition coefficient (Wildman–Crippen LogP) is 5.66. The van der Waals surface area contributed by atoms with E-state index in [0.29, 0.717) is 16.7 Å². The van der Waals surface area contributed by atoms with Crippen LogP contribution in [0.25, 0.3) is 11.3 Å². The molecule has 30 heavy (non-hydrogen) atoms. The summed E-state index contributed by atoms with van der Waals surface area (Å²) in [7, 11) is 3.98. The molecule has 0 unspecified atom stereocenters. The van der Waals surface area contributed by atoms with E-state index in [1.807, 2.05) is 73.7 Å². The van der Waals surface area contributed by atoms with Crippen LogP contribution in [0, 0.1) is 5.92 Å². The number of amides is 1. The van der Waals surface area contributed by atoms with Crippen LogP contribution in [0.1, 0.15) is 13.8 Å². The van der Waals surface area contributed by atoms with Crippen molar-refractivity contribution >= 4 is 40.6 Å². The zero-order chi connectivity index (χ0) is 21.7. The van der Waals surface area contributed by atoms with Gasteiger partial charge in [-0.3, -0.25) is 4.79 Å². The van der Waals surface area contributed by atoms with Crippen molar-refractivity contribution in [2.24, 2.45) is 5.92 Å². The van der Waals surface area contributed by atoms with Crippen LogP contribution >= 0.6 is 23.4 Å². The lowest BCUT2D eigenvalue weighted by atomic mass is 10.1. The van der Waals surface area contributed by atoms with Gasteiger partial charge in [-0.2, -0.15) is 0 Å². The molecule has 2 aromatic carbocycles. The van der Waals surface area contributed by atoms with Crippen molar-refractivity contribution in [3.63, 3.8) is 0 Å². The maximum Gasteiger partial charge on any atom is 0.234 e. The molecule has 1 amide bonds. The van der Waals surface area contributed by atoms with E-state index in [1.54, 1.807) is 0 Å². The Labute approximate surface area is 187 Å². The Morgan fingerprint density at radius 2 is 1.80 bits per heavy atom. The van der Waals surface area contributed by atoms with Gasteiger partial charge in [0.25, 0.3) is 0 Å². The quantitative estimate of drug-likeness (QED) is 0.457. The highest BCUT2D eigenvalue weighted by Crippen LogP contribution is 2.28. The molecule has 0 atom stereocenters. The number of carbonyl (C=O) groups excluding carboxylic acids is 1. The summed E-state index contributed by atoms with van der Waals surface area (Å²) in [6.45, 7) is 5.17. The monoisotopic (exact) mass is 442 g/mol. The van der Waals surface area contributed by atoms with Crippen LogP contribution in [0.5, 0.6) is 0 Å². The van der Waals surface area contributed by atoms with Crippen molar-refractivity contribution < 1.29 is 4.79 Å². The van der Waals surface area contributed by atoms with Crippen LogP contribution in [0.15, 0.2) is 59.9 Å². The van der Waals surface area contributed by atoms with E-state index < -0.39 is 0 Å². The highest BCUT2D eigenvalue weighted by Gasteiger charge is 2.15. The number of aromatic nitrogens is 2. The summed E-state index contributed by atoms with van der Waals surface area (Å²) in [5.41, 5.74) is 3.97. The number of rotatable bonds is 8. The number of benzene rings is 2. The Bertz CT molecular complexity index is 981. The maximum atomic E-state index is 12.5. The minimum atomic E-state index is -0.0512. The van der Waals surface area contributed by atoms with Gasteiger partial charge in [-0.25, -0.2) is 4.98 Å². The number of imidazole rings is 1. The van der Waals surface area contributed by atoms with Gasteiger partial charge in [0.15, 0.2) is 5.16 Å². The summed E-state index contributed by atoms with van der Waals surface area (Å²) in [6, 6.07) is 15.5. The lowest BCUT2D eigenvalue weighted by Gasteiger charge is -2.14. The molecular formula is C23H27ClN4OS. The van der Waals surface area contributed by atoms with Gasteiger partial charge in [0, 0.05) is 37.0 Å². The first kappa shape index (κ1) is 22.2. The van der Waals surface area contributed by atoms with Crippen LogP contribution in [-0.2, 0) is 11.3 Å². The number of nitrogens with zero attached hydrogens (tertiary/aromatic N) is 3. The summed E-state index contributed by atoms with van der Waals surface area (Å²) in [4.78, 5) is 19.1. The van der Waals surface area contributed by atoms with E-state index in [1.165, 1.54) is 11.8 Å². The summed E-state index contributed by atoms with van der Waals surface area (Å²) in [6.07, 6.45) is 1.87. The van der Waals surface area contributed by atoms with E-state index in [2.05, 4.69) is 28.7 Å². The largest absolute Gasteiger partial charge is 0.378 e.